The van der Waals surface area contributed by atoms with Gasteiger partial charge in [0.15, 0.2) is 0 Å². The Bertz CT molecular complexity index is 1060. The summed E-state index contributed by atoms with van der Waals surface area (Å²) in [6.45, 7) is 3.51. The number of carbonyl (C=O) groups is 1. The zero-order valence-electron chi connectivity index (χ0n) is 17.9. The van der Waals surface area contributed by atoms with Crippen LogP contribution < -0.4 is 10.1 Å². The molecule has 0 fully saturated rings. The molecule has 0 spiro atoms. The monoisotopic (exact) mass is 444 g/mol. The highest BCUT2D eigenvalue weighted by Crippen LogP contribution is 2.30. The highest BCUT2D eigenvalue weighted by Gasteiger charge is 2.17. The first-order valence-electron chi connectivity index (χ1n) is 9.71. The molecule has 0 radical (unpaired) electrons. The summed E-state index contributed by atoms with van der Waals surface area (Å²) < 4.78 is 12.2. The van der Waals surface area contributed by atoms with Crippen molar-refractivity contribution >= 4 is 29.1 Å². The second-order valence-corrected chi connectivity index (χ2v) is 7.12. The van der Waals surface area contributed by atoms with Crippen molar-refractivity contribution in [2.75, 3.05) is 39.2 Å². The van der Waals surface area contributed by atoms with Gasteiger partial charge in [-0.05, 0) is 25.1 Å². The molecule has 31 heavy (non-hydrogen) atoms. The van der Waals surface area contributed by atoms with Crippen molar-refractivity contribution in [2.45, 2.75) is 6.92 Å². The molecule has 10 heteroatoms. The molecule has 1 N–H and O–H groups in total. The summed E-state index contributed by atoms with van der Waals surface area (Å²) in [6, 6.07) is 5.19. The Balaban J connectivity index is 1.85. The van der Waals surface area contributed by atoms with Crippen LogP contribution in [0.5, 0.6) is 5.75 Å². The van der Waals surface area contributed by atoms with E-state index in [0.29, 0.717) is 53.4 Å². The minimum atomic E-state index is -0.0917. The Morgan fingerprint density at radius 3 is 2.74 bits per heavy atom. The van der Waals surface area contributed by atoms with Crippen molar-refractivity contribution in [3.63, 3.8) is 0 Å². The third-order valence-electron chi connectivity index (χ3n) is 4.65. The Morgan fingerprint density at radius 2 is 2.10 bits per heavy atom. The number of aryl methyl sites for hydroxylation is 1. The fraction of sp³-hybridized carbons (Fsp3) is 0.333. The Labute approximate surface area is 186 Å². The number of rotatable bonds is 9. The van der Waals surface area contributed by atoms with Gasteiger partial charge >= 0.3 is 0 Å². The molecule has 3 rings (SSSR count). The molecule has 0 aliphatic rings. The normalized spacial score (nSPS) is 10.7. The summed E-state index contributed by atoms with van der Waals surface area (Å²) in [4.78, 5) is 23.3. The topological polar surface area (TPSA) is 94.4 Å². The van der Waals surface area contributed by atoms with E-state index in [2.05, 4.69) is 20.4 Å². The number of hydrogen-bond acceptors (Lipinski definition) is 7. The summed E-state index contributed by atoms with van der Waals surface area (Å²) in [5, 5.41) is 7.71. The first kappa shape index (κ1) is 22.5. The SMILES string of the molecule is CCN(CCOC)C(=O)c1ccc(Nc2ncc(Cl)c(-c3cnn(C)c3)n2)c(OC)c1. The molecule has 0 aliphatic carbocycles. The summed E-state index contributed by atoms with van der Waals surface area (Å²) in [7, 11) is 4.97. The lowest BCUT2D eigenvalue weighted by molar-refractivity contribution is 0.0706. The van der Waals surface area contributed by atoms with E-state index < -0.39 is 0 Å². The molecule has 2 aromatic heterocycles. The van der Waals surface area contributed by atoms with Crippen molar-refractivity contribution < 1.29 is 14.3 Å². The molecule has 164 valence electrons. The van der Waals surface area contributed by atoms with Crippen LogP contribution in [0.3, 0.4) is 0 Å². The predicted octanol–water partition coefficient (Wildman–Crippen LogP) is 3.39. The Morgan fingerprint density at radius 1 is 1.29 bits per heavy atom. The number of amides is 1. The Kier molecular flexibility index (Phi) is 7.43. The van der Waals surface area contributed by atoms with Crippen LogP contribution in [0.25, 0.3) is 11.3 Å². The summed E-state index contributed by atoms with van der Waals surface area (Å²) in [5.74, 6) is 0.747. The second-order valence-electron chi connectivity index (χ2n) is 6.71. The lowest BCUT2D eigenvalue weighted by Crippen LogP contribution is -2.33. The lowest BCUT2D eigenvalue weighted by atomic mass is 10.1. The van der Waals surface area contributed by atoms with Gasteiger partial charge in [-0.1, -0.05) is 11.6 Å². The molecule has 0 aliphatic heterocycles. The third kappa shape index (κ3) is 5.31. The fourth-order valence-corrected chi connectivity index (χ4v) is 3.21. The van der Waals surface area contributed by atoms with Gasteiger partial charge in [-0.3, -0.25) is 9.48 Å². The number of ether oxygens (including phenoxy) is 2. The molecule has 0 atom stereocenters. The summed E-state index contributed by atoms with van der Waals surface area (Å²) in [5.41, 5.74) is 2.49. The molecule has 3 aromatic rings. The van der Waals surface area contributed by atoms with Gasteiger partial charge in [-0.2, -0.15) is 5.10 Å². The maximum Gasteiger partial charge on any atom is 0.254 e. The van der Waals surface area contributed by atoms with Crippen LogP contribution in [0.4, 0.5) is 11.6 Å². The third-order valence-corrected chi connectivity index (χ3v) is 4.93. The largest absolute Gasteiger partial charge is 0.495 e. The number of benzene rings is 1. The minimum absolute atomic E-state index is 0.0917. The number of nitrogens with one attached hydrogen (secondary N) is 1. The zero-order chi connectivity index (χ0) is 22.4. The van der Waals surface area contributed by atoms with Gasteiger partial charge in [0.05, 0.1) is 42.5 Å². The number of carbonyl (C=O) groups excluding carboxylic acids is 1. The van der Waals surface area contributed by atoms with Crippen LogP contribution >= 0.6 is 11.6 Å². The number of likely N-dealkylation sites (N-methyl/N-ethyl adjacent to an activating group) is 1. The van der Waals surface area contributed by atoms with E-state index in [4.69, 9.17) is 21.1 Å². The van der Waals surface area contributed by atoms with Crippen molar-refractivity contribution in [3.05, 3.63) is 47.4 Å². The van der Waals surface area contributed by atoms with Gasteiger partial charge in [-0.15, -0.1) is 0 Å². The van der Waals surface area contributed by atoms with Crippen LogP contribution in [-0.4, -0.2) is 64.5 Å². The van der Waals surface area contributed by atoms with Gasteiger partial charge in [0, 0.05) is 44.6 Å². The van der Waals surface area contributed by atoms with E-state index in [9.17, 15) is 4.79 Å². The van der Waals surface area contributed by atoms with Crippen LogP contribution in [0.2, 0.25) is 5.02 Å². The zero-order valence-corrected chi connectivity index (χ0v) is 18.7. The van der Waals surface area contributed by atoms with Crippen LogP contribution in [0.15, 0.2) is 36.8 Å². The van der Waals surface area contributed by atoms with Gasteiger partial charge in [-0.25, -0.2) is 9.97 Å². The smallest absolute Gasteiger partial charge is 0.254 e. The molecule has 2 heterocycles. The number of halogens is 1. The lowest BCUT2D eigenvalue weighted by Gasteiger charge is -2.21. The van der Waals surface area contributed by atoms with Crippen molar-refractivity contribution in [1.82, 2.24) is 24.6 Å². The highest BCUT2D eigenvalue weighted by molar-refractivity contribution is 6.32. The molecule has 1 amide bonds. The van der Waals surface area contributed by atoms with Crippen molar-refractivity contribution in [1.29, 1.82) is 0 Å². The number of aromatic nitrogens is 4. The maximum atomic E-state index is 12.8. The molecule has 1 aromatic carbocycles. The van der Waals surface area contributed by atoms with Crippen LogP contribution in [-0.2, 0) is 11.8 Å². The number of hydrogen-bond donors (Lipinski definition) is 1. The number of methoxy groups -OCH3 is 2. The minimum Gasteiger partial charge on any atom is -0.495 e. The Hall–Kier alpha value is -3.17. The van der Waals surface area contributed by atoms with E-state index in [-0.39, 0.29) is 5.91 Å². The molecular weight excluding hydrogens is 420 g/mol. The quantitative estimate of drug-likeness (QED) is 0.540. The van der Waals surface area contributed by atoms with Gasteiger partial charge in [0.2, 0.25) is 5.95 Å². The van der Waals surface area contributed by atoms with Crippen LogP contribution in [0.1, 0.15) is 17.3 Å². The molecule has 9 nitrogen and oxygen atoms in total. The van der Waals surface area contributed by atoms with Gasteiger partial charge in [0.25, 0.3) is 5.91 Å². The van der Waals surface area contributed by atoms with E-state index in [0.717, 1.165) is 5.56 Å². The summed E-state index contributed by atoms with van der Waals surface area (Å²) >= 11 is 6.27. The molecule has 0 saturated heterocycles. The van der Waals surface area contributed by atoms with Crippen LogP contribution in [0, 0.1) is 0 Å². The van der Waals surface area contributed by atoms with E-state index in [1.165, 1.54) is 6.20 Å². The first-order valence-corrected chi connectivity index (χ1v) is 10.1. The summed E-state index contributed by atoms with van der Waals surface area (Å²) in [6.07, 6.45) is 5.03. The molecular formula is C21H25ClN6O3. The fourth-order valence-electron chi connectivity index (χ4n) is 3.01. The van der Waals surface area contributed by atoms with Crippen molar-refractivity contribution in [2.24, 2.45) is 7.05 Å². The molecule has 0 saturated carbocycles. The second kappa shape index (κ2) is 10.2. The predicted molar refractivity (Wildman–Crippen MR) is 119 cm³/mol. The highest BCUT2D eigenvalue weighted by atomic mass is 35.5. The first-order chi connectivity index (χ1) is 15.0. The number of nitrogens with zero attached hydrogens (tertiary/aromatic N) is 5. The van der Waals surface area contributed by atoms with Gasteiger partial charge in [0.1, 0.15) is 5.75 Å². The average Bonchev–Trinajstić information content (AvgIpc) is 3.21. The number of anilines is 2. The molecule has 0 bridgehead atoms. The van der Waals surface area contributed by atoms with E-state index in [1.54, 1.807) is 48.2 Å². The van der Waals surface area contributed by atoms with Gasteiger partial charge < -0.3 is 19.7 Å². The standard InChI is InChI=1S/C21H25ClN6O3/c1-5-28(8-9-30-3)20(29)14-6-7-17(18(10-14)31-4)25-21-23-12-16(22)19(26-21)15-11-24-27(2)13-15/h6-7,10-13H,5,8-9H2,1-4H3,(H,23,25,26). The average molecular weight is 445 g/mol. The van der Waals surface area contributed by atoms with E-state index >= 15 is 0 Å². The van der Waals surface area contributed by atoms with Crippen molar-refractivity contribution in [3.8, 4) is 17.0 Å². The maximum absolute atomic E-state index is 12.8. The molecule has 0 unspecified atom stereocenters. The van der Waals surface area contributed by atoms with E-state index in [1.807, 2.05) is 20.2 Å².